The van der Waals surface area contributed by atoms with Crippen molar-refractivity contribution in [2.75, 3.05) is 11.6 Å². The van der Waals surface area contributed by atoms with Crippen molar-refractivity contribution in [3.05, 3.63) is 30.0 Å². The molecule has 0 aliphatic rings. The van der Waals surface area contributed by atoms with E-state index in [4.69, 9.17) is 11.6 Å². The Bertz CT molecular complexity index is 473. The lowest BCUT2D eigenvalue weighted by molar-refractivity contribution is 1.04. The molecule has 1 aromatic carbocycles. The number of thioether (sulfide) groups is 1. The number of halogens is 1. The minimum atomic E-state index is 0.638. The van der Waals surface area contributed by atoms with Crippen molar-refractivity contribution in [2.45, 2.75) is 11.9 Å². The first-order valence-electron chi connectivity index (χ1n) is 4.73. The second-order valence-electron chi connectivity index (χ2n) is 3.14. The Labute approximate surface area is 98.1 Å². The molecule has 0 atom stereocenters. The Kier molecular flexibility index (Phi) is 3.44. The zero-order valence-electron chi connectivity index (χ0n) is 8.40. The normalized spacial score (nSPS) is 10.8. The zero-order chi connectivity index (χ0) is 10.7. The number of alkyl halides is 1. The second kappa shape index (κ2) is 4.81. The average Bonchev–Trinajstić information content (AvgIpc) is 2.26. The van der Waals surface area contributed by atoms with E-state index >= 15 is 0 Å². The van der Waals surface area contributed by atoms with Crippen molar-refractivity contribution in [3.63, 3.8) is 0 Å². The summed E-state index contributed by atoms with van der Waals surface area (Å²) < 4.78 is 0. The van der Waals surface area contributed by atoms with Gasteiger partial charge in [-0.3, -0.25) is 0 Å². The third-order valence-corrected chi connectivity index (χ3v) is 3.50. The van der Waals surface area contributed by atoms with Gasteiger partial charge < -0.3 is 0 Å². The molecule has 0 N–H and O–H groups in total. The van der Waals surface area contributed by atoms with Crippen molar-refractivity contribution in [1.29, 1.82) is 0 Å². The highest BCUT2D eigenvalue weighted by molar-refractivity contribution is 7.99. The molecule has 0 spiro atoms. The minimum Gasteiger partial charge on any atom is -0.249 e. The van der Waals surface area contributed by atoms with Crippen LogP contribution in [-0.2, 0) is 0 Å². The van der Waals surface area contributed by atoms with E-state index in [1.807, 2.05) is 31.2 Å². The quantitative estimate of drug-likeness (QED) is 0.606. The third-order valence-electron chi connectivity index (χ3n) is 2.02. The summed E-state index contributed by atoms with van der Waals surface area (Å²) in [6.07, 6.45) is 0. The van der Waals surface area contributed by atoms with Gasteiger partial charge in [-0.2, -0.15) is 0 Å². The molecular formula is C11H11ClN2S. The Morgan fingerprint density at radius 2 is 1.87 bits per heavy atom. The number of para-hydroxylation sites is 2. The number of aromatic nitrogens is 2. The Morgan fingerprint density at radius 1 is 1.20 bits per heavy atom. The maximum atomic E-state index is 5.65. The highest BCUT2D eigenvalue weighted by Gasteiger charge is 2.04. The van der Waals surface area contributed by atoms with E-state index in [1.54, 1.807) is 11.8 Å². The van der Waals surface area contributed by atoms with Crippen LogP contribution in [0.1, 0.15) is 5.69 Å². The number of fused-ring (bicyclic) bond motifs is 1. The van der Waals surface area contributed by atoms with Crippen molar-refractivity contribution in [2.24, 2.45) is 0 Å². The Balaban J connectivity index is 2.43. The smallest absolute Gasteiger partial charge is 0.118 e. The van der Waals surface area contributed by atoms with Crippen LogP contribution in [0.15, 0.2) is 29.3 Å². The van der Waals surface area contributed by atoms with Gasteiger partial charge in [0.1, 0.15) is 5.03 Å². The summed E-state index contributed by atoms with van der Waals surface area (Å²) in [6, 6.07) is 7.90. The summed E-state index contributed by atoms with van der Waals surface area (Å²) in [5, 5.41) is 0.981. The van der Waals surface area contributed by atoms with Crippen LogP contribution >= 0.6 is 23.4 Å². The van der Waals surface area contributed by atoms with Crippen LogP contribution in [0.3, 0.4) is 0 Å². The molecule has 1 heterocycles. The summed E-state index contributed by atoms with van der Waals surface area (Å²) in [5.41, 5.74) is 2.87. The van der Waals surface area contributed by atoms with E-state index in [2.05, 4.69) is 9.97 Å². The summed E-state index contributed by atoms with van der Waals surface area (Å²) in [5.74, 6) is 1.51. The van der Waals surface area contributed by atoms with Crippen LogP contribution in [0.25, 0.3) is 11.0 Å². The molecule has 0 amide bonds. The largest absolute Gasteiger partial charge is 0.249 e. The molecule has 4 heteroatoms. The molecule has 0 fully saturated rings. The van der Waals surface area contributed by atoms with E-state index in [-0.39, 0.29) is 0 Å². The summed E-state index contributed by atoms with van der Waals surface area (Å²) >= 11 is 7.31. The van der Waals surface area contributed by atoms with Gasteiger partial charge in [-0.15, -0.1) is 23.4 Å². The number of benzene rings is 1. The molecule has 0 saturated carbocycles. The topological polar surface area (TPSA) is 25.8 Å². The van der Waals surface area contributed by atoms with Crippen LogP contribution < -0.4 is 0 Å². The van der Waals surface area contributed by atoms with Gasteiger partial charge in [0.05, 0.1) is 16.7 Å². The SMILES string of the molecule is Cc1nc2ccccc2nc1SCCCl. The van der Waals surface area contributed by atoms with Crippen LogP contribution in [0.5, 0.6) is 0 Å². The molecule has 2 nitrogen and oxygen atoms in total. The van der Waals surface area contributed by atoms with Gasteiger partial charge >= 0.3 is 0 Å². The monoisotopic (exact) mass is 238 g/mol. The lowest BCUT2D eigenvalue weighted by atomic mass is 10.3. The lowest BCUT2D eigenvalue weighted by Crippen LogP contribution is -1.93. The third kappa shape index (κ3) is 2.41. The molecule has 0 unspecified atom stereocenters. The molecule has 2 rings (SSSR count). The summed E-state index contributed by atoms with van der Waals surface area (Å²) in [6.45, 7) is 1.98. The fourth-order valence-corrected chi connectivity index (χ4v) is 2.26. The molecule has 2 aromatic rings. The van der Waals surface area contributed by atoms with Crippen molar-refractivity contribution in [1.82, 2.24) is 9.97 Å². The number of rotatable bonds is 3. The highest BCUT2D eigenvalue weighted by atomic mass is 35.5. The first-order valence-corrected chi connectivity index (χ1v) is 6.25. The maximum absolute atomic E-state index is 5.65. The van der Waals surface area contributed by atoms with Crippen LogP contribution in [-0.4, -0.2) is 21.6 Å². The van der Waals surface area contributed by atoms with Crippen LogP contribution in [0.2, 0.25) is 0 Å². The summed E-state index contributed by atoms with van der Waals surface area (Å²) in [4.78, 5) is 9.06. The lowest BCUT2D eigenvalue weighted by Gasteiger charge is -2.04. The van der Waals surface area contributed by atoms with Gasteiger partial charge in [0.25, 0.3) is 0 Å². The molecule has 15 heavy (non-hydrogen) atoms. The molecule has 78 valence electrons. The van der Waals surface area contributed by atoms with Crippen molar-refractivity contribution >= 4 is 34.4 Å². The Hall–Kier alpha value is -0.800. The number of aryl methyl sites for hydroxylation is 1. The maximum Gasteiger partial charge on any atom is 0.118 e. The zero-order valence-corrected chi connectivity index (χ0v) is 9.98. The number of nitrogens with zero attached hydrogens (tertiary/aromatic N) is 2. The van der Waals surface area contributed by atoms with Crippen molar-refractivity contribution < 1.29 is 0 Å². The molecule has 0 aliphatic carbocycles. The predicted octanol–water partition coefficient (Wildman–Crippen LogP) is 3.27. The molecular weight excluding hydrogens is 228 g/mol. The van der Waals surface area contributed by atoms with E-state index in [1.165, 1.54) is 0 Å². The molecule has 0 aliphatic heterocycles. The number of hydrogen-bond donors (Lipinski definition) is 0. The van der Waals surface area contributed by atoms with E-state index < -0.39 is 0 Å². The van der Waals surface area contributed by atoms with E-state index in [9.17, 15) is 0 Å². The van der Waals surface area contributed by atoms with E-state index in [0.717, 1.165) is 27.5 Å². The molecule has 1 aromatic heterocycles. The highest BCUT2D eigenvalue weighted by Crippen LogP contribution is 2.21. The molecule has 0 saturated heterocycles. The minimum absolute atomic E-state index is 0.638. The standard InChI is InChI=1S/C11H11ClN2S/c1-8-11(15-7-6-12)14-10-5-3-2-4-9(10)13-8/h2-5H,6-7H2,1H3. The first kappa shape index (κ1) is 10.7. The Morgan fingerprint density at radius 3 is 2.53 bits per heavy atom. The van der Waals surface area contributed by atoms with Crippen molar-refractivity contribution in [3.8, 4) is 0 Å². The fourth-order valence-electron chi connectivity index (χ4n) is 1.34. The fraction of sp³-hybridized carbons (Fsp3) is 0.273. The second-order valence-corrected chi connectivity index (χ2v) is 4.60. The molecule has 0 radical (unpaired) electrons. The van der Waals surface area contributed by atoms with Gasteiger partial charge in [-0.25, -0.2) is 9.97 Å². The number of hydrogen-bond acceptors (Lipinski definition) is 3. The predicted molar refractivity (Wildman–Crippen MR) is 65.7 cm³/mol. The first-order chi connectivity index (χ1) is 7.31. The van der Waals surface area contributed by atoms with Gasteiger partial charge in [0.2, 0.25) is 0 Å². The van der Waals surface area contributed by atoms with Crippen LogP contribution in [0, 0.1) is 6.92 Å². The van der Waals surface area contributed by atoms with E-state index in [0.29, 0.717) is 5.88 Å². The van der Waals surface area contributed by atoms with Gasteiger partial charge in [0, 0.05) is 11.6 Å². The van der Waals surface area contributed by atoms with Gasteiger partial charge in [-0.05, 0) is 19.1 Å². The average molecular weight is 239 g/mol. The van der Waals surface area contributed by atoms with Crippen LogP contribution in [0.4, 0.5) is 0 Å². The van der Waals surface area contributed by atoms with Gasteiger partial charge in [0.15, 0.2) is 0 Å². The molecule has 0 bridgehead atoms. The summed E-state index contributed by atoms with van der Waals surface area (Å²) in [7, 11) is 0. The van der Waals surface area contributed by atoms with Gasteiger partial charge in [-0.1, -0.05) is 12.1 Å².